The maximum atomic E-state index is 12.0. The average molecular weight is 341 g/mol. The van der Waals surface area contributed by atoms with Gasteiger partial charge in [-0.2, -0.15) is 0 Å². The number of unbranched alkanes of at least 4 members (excludes halogenated alkanes) is 5. The Kier molecular flexibility index (Phi) is 8.59. The van der Waals surface area contributed by atoms with Gasteiger partial charge < -0.3 is 4.74 Å². The fourth-order valence-electron chi connectivity index (χ4n) is 2.29. The molecule has 0 heterocycles. The Morgan fingerprint density at radius 3 is 2.55 bits per heavy atom. The lowest BCUT2D eigenvalue weighted by atomic mass is 10.0. The van der Waals surface area contributed by atoms with Gasteiger partial charge in [0, 0.05) is 22.9 Å². The predicted molar refractivity (Wildman–Crippen MR) is 87.4 cm³/mol. The molecule has 0 amide bonds. The molecule has 112 valence electrons. The van der Waals surface area contributed by atoms with Crippen LogP contribution in [0.5, 0.6) is 5.75 Å². The Bertz CT molecular complexity index is 415. The molecule has 0 unspecified atom stereocenters. The quantitative estimate of drug-likeness (QED) is 0.538. The first kappa shape index (κ1) is 17.2. The Morgan fingerprint density at radius 1 is 1.15 bits per heavy atom. The number of ether oxygens (including phenoxy) is 1. The molecule has 0 aliphatic rings. The van der Waals surface area contributed by atoms with Crippen molar-refractivity contribution < 1.29 is 9.53 Å². The molecule has 0 saturated carbocycles. The monoisotopic (exact) mass is 340 g/mol. The summed E-state index contributed by atoms with van der Waals surface area (Å²) in [4.78, 5) is 12.0. The summed E-state index contributed by atoms with van der Waals surface area (Å²) in [5.74, 6) is 1.10. The SMILES string of the molecule is CCCCCCCCC(=O)Cc1cc(Br)ccc1OC. The van der Waals surface area contributed by atoms with Crippen molar-refractivity contribution in [3.8, 4) is 5.75 Å². The van der Waals surface area contributed by atoms with Gasteiger partial charge in [-0.3, -0.25) is 4.79 Å². The first-order chi connectivity index (χ1) is 9.67. The van der Waals surface area contributed by atoms with Crippen molar-refractivity contribution in [3.05, 3.63) is 28.2 Å². The van der Waals surface area contributed by atoms with E-state index in [-0.39, 0.29) is 0 Å². The number of rotatable bonds is 10. The highest BCUT2D eigenvalue weighted by molar-refractivity contribution is 9.10. The standard InChI is InChI=1S/C17H25BrO2/c1-3-4-5-6-7-8-9-16(19)13-14-12-15(18)10-11-17(14)20-2/h10-12H,3-9,13H2,1-2H3. The van der Waals surface area contributed by atoms with Gasteiger partial charge in [-0.1, -0.05) is 55.0 Å². The maximum Gasteiger partial charge on any atom is 0.137 e. The van der Waals surface area contributed by atoms with Gasteiger partial charge in [-0.15, -0.1) is 0 Å². The van der Waals surface area contributed by atoms with Crippen molar-refractivity contribution in [3.63, 3.8) is 0 Å². The highest BCUT2D eigenvalue weighted by atomic mass is 79.9. The van der Waals surface area contributed by atoms with E-state index in [1.54, 1.807) is 7.11 Å². The normalized spacial score (nSPS) is 10.6. The van der Waals surface area contributed by atoms with Gasteiger partial charge in [0.1, 0.15) is 11.5 Å². The molecular weight excluding hydrogens is 316 g/mol. The van der Waals surface area contributed by atoms with Crippen LogP contribution in [-0.2, 0) is 11.2 Å². The van der Waals surface area contributed by atoms with Crippen LogP contribution in [0, 0.1) is 0 Å². The maximum absolute atomic E-state index is 12.0. The second-order valence-corrected chi connectivity index (χ2v) is 6.11. The first-order valence-electron chi connectivity index (χ1n) is 7.51. The summed E-state index contributed by atoms with van der Waals surface area (Å²) < 4.78 is 6.28. The van der Waals surface area contributed by atoms with Crippen LogP contribution >= 0.6 is 15.9 Å². The highest BCUT2D eigenvalue weighted by Crippen LogP contribution is 2.24. The number of ketones is 1. The third-order valence-corrected chi connectivity index (χ3v) is 3.93. The number of carbonyl (C=O) groups is 1. The summed E-state index contributed by atoms with van der Waals surface area (Å²) in [5.41, 5.74) is 0.970. The van der Waals surface area contributed by atoms with E-state index in [9.17, 15) is 4.79 Å². The molecule has 1 aromatic rings. The van der Waals surface area contributed by atoms with Gasteiger partial charge in [-0.05, 0) is 24.6 Å². The molecule has 0 aromatic heterocycles. The Labute approximate surface area is 131 Å². The van der Waals surface area contributed by atoms with E-state index < -0.39 is 0 Å². The van der Waals surface area contributed by atoms with Crippen molar-refractivity contribution >= 4 is 21.7 Å². The summed E-state index contributed by atoms with van der Waals surface area (Å²) in [5, 5.41) is 0. The van der Waals surface area contributed by atoms with E-state index in [1.165, 1.54) is 32.1 Å². The summed E-state index contributed by atoms with van der Waals surface area (Å²) in [6, 6.07) is 5.80. The van der Waals surface area contributed by atoms with Gasteiger partial charge in [0.15, 0.2) is 0 Å². The number of methoxy groups -OCH3 is 1. The minimum Gasteiger partial charge on any atom is -0.496 e. The zero-order valence-corrected chi connectivity index (χ0v) is 14.2. The fourth-order valence-corrected chi connectivity index (χ4v) is 2.70. The number of halogens is 1. The van der Waals surface area contributed by atoms with E-state index in [1.807, 2.05) is 18.2 Å². The second-order valence-electron chi connectivity index (χ2n) is 5.19. The smallest absolute Gasteiger partial charge is 0.137 e. The summed E-state index contributed by atoms with van der Waals surface area (Å²) in [6.45, 7) is 2.22. The zero-order valence-electron chi connectivity index (χ0n) is 12.6. The van der Waals surface area contributed by atoms with E-state index in [2.05, 4.69) is 22.9 Å². The summed E-state index contributed by atoms with van der Waals surface area (Å²) >= 11 is 3.44. The van der Waals surface area contributed by atoms with Gasteiger partial charge in [-0.25, -0.2) is 0 Å². The largest absolute Gasteiger partial charge is 0.496 e. The molecule has 1 aromatic carbocycles. The molecule has 0 fully saturated rings. The van der Waals surface area contributed by atoms with Crippen molar-refractivity contribution in [1.29, 1.82) is 0 Å². The van der Waals surface area contributed by atoms with E-state index in [4.69, 9.17) is 4.74 Å². The summed E-state index contributed by atoms with van der Waals surface area (Å²) in [6.07, 6.45) is 8.45. The molecule has 0 saturated heterocycles. The number of carbonyl (C=O) groups excluding carboxylic acids is 1. The van der Waals surface area contributed by atoms with Crippen molar-refractivity contribution in [2.45, 2.75) is 58.3 Å². The molecule has 0 N–H and O–H groups in total. The van der Waals surface area contributed by atoms with E-state index >= 15 is 0 Å². The molecule has 2 nitrogen and oxygen atoms in total. The van der Waals surface area contributed by atoms with Gasteiger partial charge in [0.2, 0.25) is 0 Å². The van der Waals surface area contributed by atoms with Crippen LogP contribution < -0.4 is 4.74 Å². The van der Waals surface area contributed by atoms with E-state index in [0.29, 0.717) is 18.6 Å². The number of benzene rings is 1. The molecule has 0 atom stereocenters. The predicted octanol–water partition coefficient (Wildman–Crippen LogP) is 5.32. The van der Waals surface area contributed by atoms with Gasteiger partial charge in [0.05, 0.1) is 7.11 Å². The van der Waals surface area contributed by atoms with E-state index in [0.717, 1.165) is 22.2 Å². The molecule has 0 spiro atoms. The van der Waals surface area contributed by atoms with Gasteiger partial charge >= 0.3 is 0 Å². The Hall–Kier alpha value is -0.830. The van der Waals surface area contributed by atoms with Crippen LogP contribution in [0.25, 0.3) is 0 Å². The molecule has 3 heteroatoms. The molecule has 1 rings (SSSR count). The fraction of sp³-hybridized carbons (Fsp3) is 0.588. The van der Waals surface area contributed by atoms with Crippen molar-refractivity contribution in [2.75, 3.05) is 7.11 Å². The third kappa shape index (κ3) is 6.56. The molecule has 0 radical (unpaired) electrons. The van der Waals surface area contributed by atoms with Gasteiger partial charge in [0.25, 0.3) is 0 Å². The zero-order chi connectivity index (χ0) is 14.8. The molecule has 0 aliphatic carbocycles. The van der Waals surface area contributed by atoms with Crippen LogP contribution in [0.3, 0.4) is 0 Å². The van der Waals surface area contributed by atoms with Crippen LogP contribution in [0.4, 0.5) is 0 Å². The lowest BCUT2D eigenvalue weighted by molar-refractivity contribution is -0.118. The Morgan fingerprint density at radius 2 is 1.85 bits per heavy atom. The summed E-state index contributed by atoms with van der Waals surface area (Å²) in [7, 11) is 1.64. The molecule has 0 aliphatic heterocycles. The second kappa shape index (κ2) is 9.98. The minimum absolute atomic E-state index is 0.303. The van der Waals surface area contributed by atoms with Crippen LogP contribution in [0.2, 0.25) is 0 Å². The molecule has 20 heavy (non-hydrogen) atoms. The van der Waals surface area contributed by atoms with Crippen LogP contribution in [0.1, 0.15) is 57.4 Å². The van der Waals surface area contributed by atoms with Crippen LogP contribution in [-0.4, -0.2) is 12.9 Å². The highest BCUT2D eigenvalue weighted by Gasteiger charge is 2.09. The van der Waals surface area contributed by atoms with Crippen LogP contribution in [0.15, 0.2) is 22.7 Å². The Balaban J connectivity index is 2.33. The number of hydrogen-bond donors (Lipinski definition) is 0. The average Bonchev–Trinajstić information content (AvgIpc) is 2.43. The minimum atomic E-state index is 0.303. The first-order valence-corrected chi connectivity index (χ1v) is 8.30. The third-order valence-electron chi connectivity index (χ3n) is 3.44. The molecule has 0 bridgehead atoms. The lowest BCUT2D eigenvalue weighted by Gasteiger charge is -2.08. The number of Topliss-reactive ketones (excluding diaryl/α,β-unsaturated/α-hetero) is 1. The topological polar surface area (TPSA) is 26.3 Å². The van der Waals surface area contributed by atoms with Crippen molar-refractivity contribution in [1.82, 2.24) is 0 Å². The van der Waals surface area contributed by atoms with Crippen molar-refractivity contribution in [2.24, 2.45) is 0 Å². The lowest BCUT2D eigenvalue weighted by Crippen LogP contribution is -2.04. The molecular formula is C17H25BrO2. The number of hydrogen-bond acceptors (Lipinski definition) is 2.